The number of ether oxygens (including phenoxy) is 1. The third kappa shape index (κ3) is 6.31. The number of aliphatic hydroxyl groups excluding tert-OH is 1. The SMILES string of the molecule is Nc1ccccc1C(=O)NS(=O)(=O)c1ccc(-c2ccc3c(c2)CC[C@H](CNC[C@H](O)c2cccnc2)O3)cc1. The monoisotopic (exact) mass is 558 g/mol. The molecule has 5 rings (SSSR count). The Balaban J connectivity index is 1.19. The molecular formula is C30H30N4O5S. The van der Waals surface area contributed by atoms with E-state index in [0.717, 1.165) is 40.8 Å². The number of aromatic nitrogens is 1. The normalized spacial score (nSPS) is 15.5. The Morgan fingerprint density at radius 1 is 1.05 bits per heavy atom. The number of fused-ring (bicyclic) bond motifs is 1. The number of nitrogens with zero attached hydrogens (tertiary/aromatic N) is 1. The molecule has 4 aromatic rings. The molecule has 2 heterocycles. The van der Waals surface area contributed by atoms with E-state index in [9.17, 15) is 18.3 Å². The first-order chi connectivity index (χ1) is 19.3. The molecule has 40 heavy (non-hydrogen) atoms. The van der Waals surface area contributed by atoms with Crippen LogP contribution in [0.25, 0.3) is 11.1 Å². The van der Waals surface area contributed by atoms with E-state index in [4.69, 9.17) is 10.5 Å². The van der Waals surface area contributed by atoms with E-state index in [1.54, 1.807) is 42.7 Å². The third-order valence-corrected chi connectivity index (χ3v) is 8.15. The van der Waals surface area contributed by atoms with Gasteiger partial charge >= 0.3 is 0 Å². The lowest BCUT2D eigenvalue weighted by Crippen LogP contribution is -2.36. The van der Waals surface area contributed by atoms with Gasteiger partial charge in [-0.15, -0.1) is 0 Å². The average molecular weight is 559 g/mol. The van der Waals surface area contributed by atoms with Crippen molar-refractivity contribution in [2.24, 2.45) is 0 Å². The van der Waals surface area contributed by atoms with Crippen LogP contribution in [-0.2, 0) is 16.4 Å². The Bertz CT molecular complexity index is 1590. The van der Waals surface area contributed by atoms with E-state index in [2.05, 4.69) is 21.1 Å². The van der Waals surface area contributed by atoms with Gasteiger partial charge in [-0.05, 0) is 72.0 Å². The highest BCUT2D eigenvalue weighted by Crippen LogP contribution is 2.32. The largest absolute Gasteiger partial charge is 0.489 e. The molecule has 1 aliphatic heterocycles. The number of nitrogens with one attached hydrogen (secondary N) is 2. The molecule has 0 bridgehead atoms. The zero-order valence-corrected chi connectivity index (χ0v) is 22.5. The second-order valence-electron chi connectivity index (χ2n) is 9.61. The van der Waals surface area contributed by atoms with Gasteiger partial charge in [0.2, 0.25) is 0 Å². The van der Waals surface area contributed by atoms with Gasteiger partial charge < -0.3 is 20.9 Å². The number of hydrogen-bond donors (Lipinski definition) is 4. The predicted molar refractivity (Wildman–Crippen MR) is 152 cm³/mol. The molecular weight excluding hydrogens is 528 g/mol. The Labute approximate surface area is 233 Å². The van der Waals surface area contributed by atoms with Gasteiger partial charge in [-0.25, -0.2) is 13.1 Å². The molecule has 1 amide bonds. The average Bonchev–Trinajstić information content (AvgIpc) is 2.97. The summed E-state index contributed by atoms with van der Waals surface area (Å²) in [4.78, 5) is 16.5. The molecule has 5 N–H and O–H groups in total. The Morgan fingerprint density at radius 3 is 2.58 bits per heavy atom. The smallest absolute Gasteiger partial charge is 0.267 e. The minimum Gasteiger partial charge on any atom is -0.489 e. The Kier molecular flexibility index (Phi) is 8.11. The number of para-hydroxylation sites is 1. The van der Waals surface area contributed by atoms with Crippen molar-refractivity contribution in [3.8, 4) is 16.9 Å². The molecule has 10 heteroatoms. The summed E-state index contributed by atoms with van der Waals surface area (Å²) in [7, 11) is -4.07. The summed E-state index contributed by atoms with van der Waals surface area (Å²) >= 11 is 0. The number of aliphatic hydroxyl groups is 1. The van der Waals surface area contributed by atoms with E-state index < -0.39 is 22.0 Å². The highest BCUT2D eigenvalue weighted by molar-refractivity contribution is 7.90. The van der Waals surface area contributed by atoms with Crippen LogP contribution in [0.15, 0.2) is 96.2 Å². The van der Waals surface area contributed by atoms with Crippen molar-refractivity contribution >= 4 is 21.6 Å². The Hall–Kier alpha value is -4.25. The van der Waals surface area contributed by atoms with Gasteiger partial charge in [0.05, 0.1) is 16.6 Å². The van der Waals surface area contributed by atoms with Gasteiger partial charge in [-0.2, -0.15) is 0 Å². The van der Waals surface area contributed by atoms with Crippen molar-refractivity contribution in [1.29, 1.82) is 0 Å². The van der Waals surface area contributed by atoms with Crippen molar-refractivity contribution in [2.75, 3.05) is 18.8 Å². The summed E-state index contributed by atoms with van der Waals surface area (Å²) in [6.07, 6.45) is 4.35. The summed E-state index contributed by atoms with van der Waals surface area (Å²) in [5.74, 6) is 0.0340. The van der Waals surface area contributed by atoms with Crippen LogP contribution in [-0.4, -0.2) is 43.6 Å². The number of amides is 1. The number of sulfonamides is 1. The molecule has 0 saturated carbocycles. The van der Waals surface area contributed by atoms with Crippen LogP contribution in [0.3, 0.4) is 0 Å². The van der Waals surface area contributed by atoms with Crippen LogP contribution in [0, 0.1) is 0 Å². The second-order valence-corrected chi connectivity index (χ2v) is 11.3. The molecule has 0 spiro atoms. The lowest BCUT2D eigenvalue weighted by molar-refractivity contribution is 0.0982. The topological polar surface area (TPSA) is 144 Å². The fourth-order valence-corrected chi connectivity index (χ4v) is 5.57. The number of rotatable bonds is 9. The summed E-state index contributed by atoms with van der Waals surface area (Å²) in [6.45, 7) is 1.02. The number of nitrogen functional groups attached to an aromatic ring is 1. The van der Waals surface area contributed by atoms with Crippen LogP contribution >= 0.6 is 0 Å². The fraction of sp³-hybridized carbons (Fsp3) is 0.200. The molecule has 206 valence electrons. The number of aryl methyl sites for hydroxylation is 1. The maximum atomic E-state index is 12.8. The van der Waals surface area contributed by atoms with Crippen LogP contribution in [0.1, 0.15) is 34.0 Å². The first kappa shape index (κ1) is 27.3. The molecule has 0 unspecified atom stereocenters. The van der Waals surface area contributed by atoms with Crippen molar-refractivity contribution < 1.29 is 23.1 Å². The van der Waals surface area contributed by atoms with Crippen molar-refractivity contribution in [3.05, 3.63) is 108 Å². The van der Waals surface area contributed by atoms with Crippen molar-refractivity contribution in [1.82, 2.24) is 15.0 Å². The zero-order chi connectivity index (χ0) is 28.1. The lowest BCUT2D eigenvalue weighted by Gasteiger charge is -2.27. The lowest BCUT2D eigenvalue weighted by atomic mass is 9.97. The highest BCUT2D eigenvalue weighted by Gasteiger charge is 2.22. The van der Waals surface area contributed by atoms with Crippen molar-refractivity contribution in [3.63, 3.8) is 0 Å². The van der Waals surface area contributed by atoms with E-state index >= 15 is 0 Å². The first-order valence-corrected chi connectivity index (χ1v) is 14.4. The standard InChI is InChI=1S/C30H30N4O5S/c31-27-6-2-1-5-26(27)30(36)34-40(37,38)25-12-8-20(9-13-25)21-10-14-29-22(16-21)7-11-24(39-29)18-33-19-28(35)23-4-3-15-32-17-23/h1-6,8-10,12-17,24,28,33,35H,7,11,18-19,31H2,(H,34,36)/t24-,28+/m1/s1. The van der Waals surface area contributed by atoms with E-state index in [-0.39, 0.29) is 22.3 Å². The quantitative estimate of drug-likeness (QED) is 0.229. The molecule has 0 saturated heterocycles. The number of pyridine rings is 1. The third-order valence-electron chi connectivity index (χ3n) is 6.80. The first-order valence-electron chi connectivity index (χ1n) is 12.9. The van der Waals surface area contributed by atoms with Crippen LogP contribution in [0.2, 0.25) is 0 Å². The van der Waals surface area contributed by atoms with Crippen LogP contribution in [0.5, 0.6) is 5.75 Å². The molecule has 9 nitrogen and oxygen atoms in total. The summed E-state index contributed by atoms with van der Waals surface area (Å²) in [5.41, 5.74) is 9.71. The number of carbonyl (C=O) groups is 1. The summed E-state index contributed by atoms with van der Waals surface area (Å²) in [5, 5.41) is 13.6. The number of hydrogen-bond acceptors (Lipinski definition) is 8. The van der Waals surface area contributed by atoms with E-state index in [1.807, 2.05) is 18.2 Å². The van der Waals surface area contributed by atoms with Gasteiger partial charge in [-0.1, -0.05) is 36.4 Å². The zero-order valence-electron chi connectivity index (χ0n) is 21.7. The predicted octanol–water partition coefficient (Wildman–Crippen LogP) is 3.47. The summed E-state index contributed by atoms with van der Waals surface area (Å²) in [6, 6.07) is 22.2. The molecule has 1 aromatic heterocycles. The second kappa shape index (κ2) is 11.9. The summed E-state index contributed by atoms with van der Waals surface area (Å²) < 4.78 is 33.8. The van der Waals surface area contributed by atoms with Gasteiger partial charge in [0.1, 0.15) is 11.9 Å². The minimum absolute atomic E-state index is 0.00890. The molecule has 1 aliphatic rings. The number of anilines is 1. The van der Waals surface area contributed by atoms with E-state index in [1.165, 1.54) is 24.3 Å². The molecule has 3 aromatic carbocycles. The fourth-order valence-electron chi connectivity index (χ4n) is 4.61. The number of benzene rings is 3. The maximum Gasteiger partial charge on any atom is 0.267 e. The molecule has 0 radical (unpaired) electrons. The van der Waals surface area contributed by atoms with Crippen molar-refractivity contribution in [2.45, 2.75) is 29.9 Å². The van der Waals surface area contributed by atoms with Crippen LogP contribution < -0.4 is 20.5 Å². The highest BCUT2D eigenvalue weighted by atomic mass is 32.2. The van der Waals surface area contributed by atoms with Gasteiger partial charge in [0.25, 0.3) is 15.9 Å². The maximum absolute atomic E-state index is 12.8. The van der Waals surface area contributed by atoms with Crippen LogP contribution in [0.4, 0.5) is 5.69 Å². The van der Waals surface area contributed by atoms with E-state index in [0.29, 0.717) is 13.1 Å². The number of carbonyl (C=O) groups excluding carboxylic acids is 1. The molecule has 2 atom stereocenters. The van der Waals surface area contributed by atoms with Gasteiger partial charge in [-0.3, -0.25) is 9.78 Å². The van der Waals surface area contributed by atoms with Gasteiger partial charge in [0, 0.05) is 36.7 Å². The number of nitrogens with two attached hydrogens (primary N) is 1. The minimum atomic E-state index is -4.07. The molecule has 0 fully saturated rings. The van der Waals surface area contributed by atoms with Gasteiger partial charge in [0.15, 0.2) is 0 Å². The Morgan fingerprint density at radius 2 is 1.82 bits per heavy atom. The molecule has 0 aliphatic carbocycles.